The number of imidazole rings is 1. The number of hydrogen-bond acceptors (Lipinski definition) is 22. The summed E-state index contributed by atoms with van der Waals surface area (Å²) < 4.78 is 71.4. The van der Waals surface area contributed by atoms with Gasteiger partial charge in [0.25, 0.3) is 11.8 Å². The molecule has 26 nitrogen and oxygen atoms in total. The minimum atomic E-state index is -4.65. The summed E-state index contributed by atoms with van der Waals surface area (Å²) in [5.74, 6) is -0.196. The second-order valence-corrected chi connectivity index (χ2v) is 50.1. The molecule has 6 aromatic rings. The number of anilines is 2. The van der Waals surface area contributed by atoms with Crippen LogP contribution >= 0.6 is 13.4 Å². The largest absolute Gasteiger partial charge is 0.780 e. The molecule has 33 heteroatoms. The van der Waals surface area contributed by atoms with Gasteiger partial charge in [0.1, 0.15) is 61.1 Å². The summed E-state index contributed by atoms with van der Waals surface area (Å²) in [7, 11) is -7.27. The van der Waals surface area contributed by atoms with Crippen molar-refractivity contribution < 1.29 is 69.9 Å². The van der Waals surface area contributed by atoms with Gasteiger partial charge in [-0.15, -0.1) is 0 Å². The van der Waals surface area contributed by atoms with Crippen LogP contribution in [0.1, 0.15) is 120 Å². The van der Waals surface area contributed by atoms with Crippen LogP contribution in [0.25, 0.3) is 22.2 Å². The predicted molar refractivity (Wildman–Crippen MR) is 391 cm³/mol. The van der Waals surface area contributed by atoms with Gasteiger partial charge in [0.05, 0.1) is 76.8 Å². The Hall–Kier alpha value is -5.18. The predicted octanol–water partition coefficient (Wildman–Crippen LogP) is 10.7. The van der Waals surface area contributed by atoms with Crippen molar-refractivity contribution in [1.82, 2.24) is 39.4 Å². The lowest BCUT2D eigenvalue weighted by Crippen LogP contribution is -3.11. The number of hydrogen-bond donors (Lipinski definition) is 3. The van der Waals surface area contributed by atoms with Crippen molar-refractivity contribution in [2.45, 2.75) is 199 Å². The molecule has 4 aromatic heterocycles. The zero-order valence-corrected chi connectivity index (χ0v) is 66.2. The molecule has 2 bridgehead atoms. The Morgan fingerprint density at radius 3 is 2.01 bits per heavy atom. The Morgan fingerprint density at radius 2 is 1.39 bits per heavy atom. The normalized spacial score (nSPS) is 24.8. The second-order valence-electron chi connectivity index (χ2n) is 29.3. The number of nitriles is 1. The first kappa shape index (κ1) is 78.0. The first-order valence-corrected chi connectivity index (χ1v) is 48.5. The standard InChI is InChI=1S/C60H83N11O14P2S2Si3.C6H15N/c1-59(2,3)91(10,11)84-47-42-34-78-86(75,88)82-46-41(80-57(49(46)85-92(12,13)60(4,5)6)70-33-40-26-20-28-69(51-44(40)52(70)64-36-63-51)55(73)39-24-18-15-19-25-39)35-79-87(89,77-29-21-27-61)83-48(47)56(81-42)71-37-65-45-50(68-54(72)38-22-16-14-17-23-38)66-43(67-53(45)71)32-62-58(74)76-30-31-90(7,8)9;1-4-7(5-2)6-3/h14-19,22-25,33,36-37,41-42,46-49,56-57H,20-21,26,28-32,34-35H2,1-13H3,(H,62,74)(H,75,88)(H,66,67,68,72);4-6H2,1-3H3/t41-,42-,46-,47-,48-,49-,56-,57-,86?,87?;/m1./s1. The molecule has 3 fully saturated rings. The maximum absolute atomic E-state index is 15.4. The number of aryl methyl sites for hydroxylation is 1. The molecule has 3 N–H and O–H groups in total. The number of nitrogens with zero attached hydrogens (tertiary/aromatic N) is 9. The van der Waals surface area contributed by atoms with Gasteiger partial charge in [0, 0.05) is 31.9 Å². The van der Waals surface area contributed by atoms with E-state index >= 15 is 4.89 Å². The van der Waals surface area contributed by atoms with E-state index in [1.807, 2.05) is 42.1 Å². The van der Waals surface area contributed by atoms with Crippen molar-refractivity contribution in [2.24, 2.45) is 0 Å². The molecular weight excluding hydrogens is 1400 g/mol. The van der Waals surface area contributed by atoms with E-state index in [1.165, 1.54) is 32.3 Å². The molecule has 540 valence electrons. The van der Waals surface area contributed by atoms with Crippen LogP contribution in [0.3, 0.4) is 0 Å². The van der Waals surface area contributed by atoms with Crippen LogP contribution in [0.2, 0.25) is 61.9 Å². The summed E-state index contributed by atoms with van der Waals surface area (Å²) in [6.07, 6.45) is -4.25. The highest BCUT2D eigenvalue weighted by atomic mass is 32.5. The van der Waals surface area contributed by atoms with Gasteiger partial charge in [-0.1, -0.05) is 109 Å². The number of carbonyl (C=O) groups is 3. The highest BCUT2D eigenvalue weighted by Gasteiger charge is 2.57. The monoisotopic (exact) mass is 1490 g/mol. The number of benzene rings is 2. The number of alkyl carbamates (subject to hydrolysis) is 1. The first-order valence-electron chi connectivity index (χ1n) is 33.9. The van der Waals surface area contributed by atoms with Crippen molar-refractivity contribution in [1.29, 1.82) is 5.26 Å². The number of ether oxygens (including phenoxy) is 3. The zero-order chi connectivity index (χ0) is 72.0. The first-order chi connectivity index (χ1) is 46.6. The highest BCUT2D eigenvalue weighted by Crippen LogP contribution is 2.58. The van der Waals surface area contributed by atoms with Gasteiger partial charge in [0.15, 0.2) is 51.9 Å². The van der Waals surface area contributed by atoms with E-state index in [-0.39, 0.29) is 59.9 Å². The van der Waals surface area contributed by atoms with Crippen LogP contribution in [0.5, 0.6) is 0 Å². The smallest absolute Gasteiger partial charge is 0.407 e. The fraction of sp³-hybridized carbons (Fsp3) is 0.591. The average Bonchev–Trinajstić information content (AvgIpc) is 1.60. The van der Waals surface area contributed by atoms with Crippen LogP contribution < -0.4 is 25.3 Å². The second kappa shape index (κ2) is 32.2. The van der Waals surface area contributed by atoms with Gasteiger partial charge < -0.3 is 66.2 Å². The van der Waals surface area contributed by atoms with Crippen molar-refractivity contribution in [3.05, 3.63) is 102 Å². The maximum atomic E-state index is 15.4. The van der Waals surface area contributed by atoms with Crippen molar-refractivity contribution in [3.8, 4) is 6.07 Å². The van der Waals surface area contributed by atoms with E-state index in [1.54, 1.807) is 56.8 Å². The van der Waals surface area contributed by atoms with E-state index in [4.69, 9.17) is 94.2 Å². The van der Waals surface area contributed by atoms with Crippen LogP contribution in [0, 0.1) is 11.3 Å². The van der Waals surface area contributed by atoms with Gasteiger partial charge >= 0.3 is 12.8 Å². The Morgan fingerprint density at radius 1 is 0.768 bits per heavy atom. The lowest BCUT2D eigenvalue weighted by atomic mass is 10.1. The Bertz CT molecular complexity index is 3940. The van der Waals surface area contributed by atoms with Gasteiger partial charge in [-0.05, 0) is 118 Å². The number of carbonyl (C=O) groups excluding carboxylic acids is 3. The maximum Gasteiger partial charge on any atom is 0.407 e. The number of quaternary nitrogens is 1. The molecule has 2 aromatic carbocycles. The van der Waals surface area contributed by atoms with Gasteiger partial charge in [-0.25, -0.2) is 29.7 Å². The average molecular weight is 1490 g/mol. The molecule has 3 amide bonds. The van der Waals surface area contributed by atoms with Crippen molar-refractivity contribution in [2.75, 3.05) is 62.8 Å². The van der Waals surface area contributed by atoms with E-state index in [9.17, 15) is 19.6 Å². The molecule has 10 atom stereocenters. The molecule has 10 rings (SSSR count). The zero-order valence-electron chi connectivity index (χ0n) is 59.8. The fourth-order valence-corrected chi connectivity index (χ4v) is 18.1. The van der Waals surface area contributed by atoms with E-state index in [0.717, 1.165) is 11.6 Å². The van der Waals surface area contributed by atoms with E-state index in [0.29, 0.717) is 47.4 Å². The number of amides is 3. The molecule has 2 unspecified atom stereocenters. The summed E-state index contributed by atoms with van der Waals surface area (Å²) in [4.78, 5) is 84.0. The van der Waals surface area contributed by atoms with Crippen LogP contribution in [0.15, 0.2) is 79.5 Å². The van der Waals surface area contributed by atoms with Crippen LogP contribution in [-0.4, -0.2) is 166 Å². The summed E-state index contributed by atoms with van der Waals surface area (Å²) in [6, 6.07) is 20.5. The lowest BCUT2D eigenvalue weighted by Gasteiger charge is -2.42. The van der Waals surface area contributed by atoms with Crippen molar-refractivity contribution >= 4 is 114 Å². The summed E-state index contributed by atoms with van der Waals surface area (Å²) >= 11 is 12.4. The molecule has 4 aliphatic rings. The molecular formula is C66H98N12O14P2S2Si3. The molecule has 3 saturated heterocycles. The minimum Gasteiger partial charge on any atom is -0.780 e. The Balaban J connectivity index is 0.00000155. The minimum absolute atomic E-state index is 0.0104. The molecule has 0 spiro atoms. The summed E-state index contributed by atoms with van der Waals surface area (Å²) in [5, 5.41) is 15.4. The van der Waals surface area contributed by atoms with Gasteiger partial charge in [0.2, 0.25) is 0 Å². The summed E-state index contributed by atoms with van der Waals surface area (Å²) in [6.45, 7) is 28.2. The van der Waals surface area contributed by atoms with Gasteiger partial charge in [-0.3, -0.25) is 23.6 Å². The molecule has 0 saturated carbocycles. The van der Waals surface area contributed by atoms with Crippen LogP contribution in [0.4, 0.5) is 16.4 Å². The Kier molecular flexibility index (Phi) is 25.4. The molecule has 0 aliphatic carbocycles. The number of nitrogens with one attached hydrogen (secondary N) is 3. The molecule has 8 heterocycles. The lowest BCUT2D eigenvalue weighted by molar-refractivity contribution is -0.894. The molecule has 4 aliphatic heterocycles. The van der Waals surface area contributed by atoms with E-state index < -0.39 is 117 Å². The highest BCUT2D eigenvalue weighted by molar-refractivity contribution is 8.07. The Labute approximate surface area is 594 Å². The molecule has 99 heavy (non-hydrogen) atoms. The third kappa shape index (κ3) is 18.8. The number of aromatic nitrogens is 7. The van der Waals surface area contributed by atoms with Crippen LogP contribution in [-0.2, 0) is 82.3 Å². The van der Waals surface area contributed by atoms with Crippen molar-refractivity contribution in [3.63, 3.8) is 0 Å². The number of rotatable bonds is 20. The van der Waals surface area contributed by atoms with E-state index in [2.05, 4.69) is 112 Å². The molecule has 0 radical (unpaired) electrons. The third-order valence-corrected chi connectivity index (χ3v) is 33.6. The van der Waals surface area contributed by atoms with Gasteiger partial charge in [-0.2, -0.15) is 5.26 Å². The summed E-state index contributed by atoms with van der Waals surface area (Å²) in [5.41, 5.74) is 2.41. The quantitative estimate of drug-likeness (QED) is 0.0363. The number of fused-ring (bicyclic) bond motifs is 4. The SMILES string of the molecule is CC(C)(C)[Si](C)(C)O[C@@H]1[C@@H]2OP([O-])(=S)OC[C@H]3O[C@@H](n4cnc5c(NC(=O)c6ccccc6)nc(CNC(=O)OCC[Si](C)(C)C)nc54)[C@H](OP(=S)(OCCC#N)OC[C@H]2O[C@H]1n1cc2c4c(ncnc41)N(C(=O)c1ccccc1)CCC2)[C@@H]3O[Si](C)(C)C(C)(C)C.CC[NH+](CC)CC. The third-order valence-electron chi connectivity index (χ3n) is 19.1. The topological polar surface area (TPSA) is 296 Å². The fourth-order valence-electron chi connectivity index (χ4n) is 11.3.